The molecule has 0 fully saturated rings. The number of nitrogens with one attached hydrogen (secondary N) is 1. The zero-order chi connectivity index (χ0) is 18.1. The van der Waals surface area contributed by atoms with Gasteiger partial charge in [0.2, 0.25) is 11.7 Å². The van der Waals surface area contributed by atoms with E-state index in [0.29, 0.717) is 5.39 Å². The number of para-hydroxylation sites is 1. The van der Waals surface area contributed by atoms with Crippen LogP contribution in [0.1, 0.15) is 33.5 Å². The Hall–Kier alpha value is -1.83. The number of fused-ring (bicyclic) bond motifs is 1. The molecule has 1 aromatic heterocycles. The Morgan fingerprint density at radius 2 is 1.79 bits per heavy atom. The molecule has 0 spiro atoms. The van der Waals surface area contributed by atoms with Gasteiger partial charge < -0.3 is 5.32 Å². The van der Waals surface area contributed by atoms with Crippen LogP contribution in [0.25, 0.3) is 10.9 Å². The molecule has 2 aromatic rings. The van der Waals surface area contributed by atoms with Gasteiger partial charge in [0.1, 0.15) is 5.03 Å². The molecular weight excluding hydrogens is 339 g/mol. The predicted octanol–water partition coefficient (Wildman–Crippen LogP) is 4.04. The largest absolute Gasteiger partial charge is 0.451 e. The molecule has 1 heterocycles. The van der Waals surface area contributed by atoms with Crippen molar-refractivity contribution in [2.45, 2.75) is 49.7 Å². The van der Waals surface area contributed by atoms with E-state index in [9.17, 15) is 18.0 Å². The third-order valence-electron chi connectivity index (χ3n) is 2.98. The lowest BCUT2D eigenvalue weighted by molar-refractivity contribution is -0.145. The highest BCUT2D eigenvalue weighted by Gasteiger charge is 2.36. The number of benzene rings is 1. The topological polar surface area (TPSA) is 54.9 Å². The average molecular weight is 357 g/mol. The molecule has 0 bridgehead atoms. The van der Waals surface area contributed by atoms with Gasteiger partial charge in [-0.1, -0.05) is 30.0 Å². The van der Waals surface area contributed by atoms with Crippen LogP contribution in [-0.2, 0) is 11.0 Å². The highest BCUT2D eigenvalue weighted by atomic mass is 32.2. The van der Waals surface area contributed by atoms with E-state index in [1.165, 1.54) is 6.07 Å². The van der Waals surface area contributed by atoms with Crippen molar-refractivity contribution in [3.8, 4) is 0 Å². The molecule has 0 saturated heterocycles. The van der Waals surface area contributed by atoms with E-state index in [-0.39, 0.29) is 16.4 Å². The van der Waals surface area contributed by atoms with Crippen molar-refractivity contribution in [1.82, 2.24) is 15.3 Å². The van der Waals surface area contributed by atoms with Gasteiger partial charge >= 0.3 is 6.18 Å². The summed E-state index contributed by atoms with van der Waals surface area (Å²) in [6.07, 6.45) is -4.64. The molecule has 8 heteroatoms. The molecule has 24 heavy (non-hydrogen) atoms. The second kappa shape index (κ2) is 6.58. The summed E-state index contributed by atoms with van der Waals surface area (Å²) in [6, 6.07) is 6.45. The number of rotatable bonds is 3. The molecule has 0 aliphatic rings. The van der Waals surface area contributed by atoms with E-state index in [1.54, 1.807) is 25.1 Å². The Morgan fingerprint density at radius 1 is 1.17 bits per heavy atom. The molecule has 0 radical (unpaired) electrons. The third kappa shape index (κ3) is 4.59. The van der Waals surface area contributed by atoms with Crippen molar-refractivity contribution >= 4 is 28.6 Å². The molecule has 1 aromatic carbocycles. The number of amides is 1. The summed E-state index contributed by atoms with van der Waals surface area (Å²) in [7, 11) is 0. The fourth-order valence-corrected chi connectivity index (χ4v) is 2.90. The van der Waals surface area contributed by atoms with Crippen molar-refractivity contribution in [1.29, 1.82) is 0 Å². The van der Waals surface area contributed by atoms with Crippen LogP contribution in [0.3, 0.4) is 0 Å². The number of halogens is 3. The van der Waals surface area contributed by atoms with E-state index in [1.807, 2.05) is 20.8 Å². The number of carbonyl (C=O) groups is 1. The smallest absolute Gasteiger partial charge is 0.351 e. The molecule has 0 saturated carbocycles. The lowest BCUT2D eigenvalue weighted by Gasteiger charge is -2.23. The Balaban J connectivity index is 2.38. The Bertz CT molecular complexity index is 756. The second-order valence-corrected chi connectivity index (χ2v) is 7.70. The molecule has 1 atom stereocenters. The number of carbonyl (C=O) groups excluding carboxylic acids is 1. The quantitative estimate of drug-likeness (QED) is 0.665. The van der Waals surface area contributed by atoms with Crippen LogP contribution in [0.4, 0.5) is 13.2 Å². The zero-order valence-electron chi connectivity index (χ0n) is 13.7. The molecular formula is C16H18F3N3OS. The number of hydrogen-bond donors (Lipinski definition) is 1. The lowest BCUT2D eigenvalue weighted by Crippen LogP contribution is -2.44. The lowest BCUT2D eigenvalue weighted by atomic mass is 10.1. The van der Waals surface area contributed by atoms with E-state index < -0.39 is 22.8 Å². The van der Waals surface area contributed by atoms with Crippen LogP contribution in [0.2, 0.25) is 0 Å². The number of nitrogens with zero attached hydrogens (tertiary/aromatic N) is 2. The molecule has 0 aliphatic heterocycles. The van der Waals surface area contributed by atoms with Crippen molar-refractivity contribution in [2.75, 3.05) is 0 Å². The number of alkyl halides is 3. The van der Waals surface area contributed by atoms with E-state index in [0.717, 1.165) is 11.8 Å². The van der Waals surface area contributed by atoms with Crippen molar-refractivity contribution < 1.29 is 18.0 Å². The van der Waals surface area contributed by atoms with Crippen LogP contribution in [0.15, 0.2) is 29.3 Å². The highest BCUT2D eigenvalue weighted by Crippen LogP contribution is 2.33. The van der Waals surface area contributed by atoms with Gasteiger partial charge in [-0.2, -0.15) is 13.2 Å². The maximum Gasteiger partial charge on any atom is 0.451 e. The second-order valence-electron chi connectivity index (χ2n) is 6.37. The molecule has 1 N–H and O–H groups in total. The molecule has 2 rings (SSSR count). The van der Waals surface area contributed by atoms with Crippen molar-refractivity contribution in [2.24, 2.45) is 0 Å². The third-order valence-corrected chi connectivity index (χ3v) is 4.08. The summed E-state index contributed by atoms with van der Waals surface area (Å²) in [5.41, 5.74) is -0.220. The summed E-state index contributed by atoms with van der Waals surface area (Å²) in [6.45, 7) is 7.15. The maximum atomic E-state index is 13.0. The van der Waals surface area contributed by atoms with E-state index >= 15 is 0 Å². The van der Waals surface area contributed by atoms with Crippen LogP contribution in [0, 0.1) is 0 Å². The van der Waals surface area contributed by atoms with Gasteiger partial charge in [-0.3, -0.25) is 4.79 Å². The minimum Gasteiger partial charge on any atom is -0.351 e. The number of aromatic nitrogens is 2. The summed E-state index contributed by atoms with van der Waals surface area (Å²) in [5, 5.41) is 2.85. The van der Waals surface area contributed by atoms with Crippen LogP contribution in [0.5, 0.6) is 0 Å². The minimum atomic E-state index is -4.64. The fourth-order valence-electron chi connectivity index (χ4n) is 1.96. The van der Waals surface area contributed by atoms with Crippen molar-refractivity contribution in [3.63, 3.8) is 0 Å². The van der Waals surface area contributed by atoms with Gasteiger partial charge in [0.15, 0.2) is 0 Å². The maximum absolute atomic E-state index is 13.0. The van der Waals surface area contributed by atoms with Gasteiger partial charge in [-0.25, -0.2) is 9.97 Å². The molecule has 4 nitrogen and oxygen atoms in total. The first kappa shape index (κ1) is 18.5. The Labute approximate surface area is 142 Å². The molecule has 1 amide bonds. The zero-order valence-corrected chi connectivity index (χ0v) is 14.5. The summed E-state index contributed by atoms with van der Waals surface area (Å²) >= 11 is 0.989. The molecule has 130 valence electrons. The van der Waals surface area contributed by atoms with Crippen molar-refractivity contribution in [3.05, 3.63) is 30.1 Å². The van der Waals surface area contributed by atoms with Crippen LogP contribution < -0.4 is 5.32 Å². The normalized spacial score (nSPS) is 13.8. The number of thioether (sulfide) groups is 1. The monoisotopic (exact) mass is 357 g/mol. The standard InChI is InChI=1S/C16H18F3N3OS/c1-9(12(23)22-15(2,3)4)24-13-10-7-5-6-8-11(10)20-14(21-13)16(17,18)19/h5-9H,1-4H3,(H,22,23)/t9-/m0/s1. The molecule has 0 unspecified atom stereocenters. The van der Waals surface area contributed by atoms with Gasteiger partial charge in [0.25, 0.3) is 0 Å². The van der Waals surface area contributed by atoms with Crippen LogP contribution >= 0.6 is 11.8 Å². The number of hydrogen-bond acceptors (Lipinski definition) is 4. The Kier molecular flexibility index (Phi) is 5.08. The Morgan fingerprint density at radius 3 is 2.38 bits per heavy atom. The summed E-state index contributed by atoms with van der Waals surface area (Å²) in [4.78, 5) is 19.4. The predicted molar refractivity (Wildman–Crippen MR) is 87.8 cm³/mol. The van der Waals surface area contributed by atoms with Gasteiger partial charge in [-0.05, 0) is 33.8 Å². The van der Waals surface area contributed by atoms with Gasteiger partial charge in [0, 0.05) is 10.9 Å². The van der Waals surface area contributed by atoms with Gasteiger partial charge in [0.05, 0.1) is 10.8 Å². The first-order chi connectivity index (χ1) is 11.0. The SMILES string of the molecule is C[C@H](Sc1nc(C(F)(F)F)nc2ccccc12)C(=O)NC(C)(C)C. The van der Waals surface area contributed by atoms with E-state index in [4.69, 9.17) is 0 Å². The average Bonchev–Trinajstić information content (AvgIpc) is 2.44. The van der Waals surface area contributed by atoms with Gasteiger partial charge in [-0.15, -0.1) is 0 Å². The highest BCUT2D eigenvalue weighted by molar-refractivity contribution is 8.00. The first-order valence-corrected chi connectivity index (χ1v) is 8.18. The van der Waals surface area contributed by atoms with E-state index in [2.05, 4.69) is 15.3 Å². The summed E-state index contributed by atoms with van der Waals surface area (Å²) < 4.78 is 39.0. The minimum absolute atomic E-state index is 0.143. The van der Waals surface area contributed by atoms with Crippen LogP contribution in [-0.4, -0.2) is 26.7 Å². The first-order valence-electron chi connectivity index (χ1n) is 7.30. The summed E-state index contributed by atoms with van der Waals surface area (Å²) in [5.74, 6) is -1.46. The fraction of sp³-hybridized carbons (Fsp3) is 0.438. The molecule has 0 aliphatic carbocycles.